The van der Waals surface area contributed by atoms with Crippen molar-refractivity contribution in [3.8, 4) is 0 Å². The maximum absolute atomic E-state index is 12.4. The highest BCUT2D eigenvalue weighted by Crippen LogP contribution is 2.30. The van der Waals surface area contributed by atoms with Crippen LogP contribution in [0.1, 0.15) is 39.4 Å². The van der Waals surface area contributed by atoms with Crippen LogP contribution in [0.3, 0.4) is 0 Å². The van der Waals surface area contributed by atoms with Gasteiger partial charge in [0.1, 0.15) is 17.2 Å². The predicted octanol–water partition coefficient (Wildman–Crippen LogP) is 5.15. The highest BCUT2D eigenvalue weighted by molar-refractivity contribution is 7.09. The number of carbonyl (C=O) groups excluding carboxylic acids is 2. The number of nitrogens with zero attached hydrogens (tertiary/aromatic N) is 1. The van der Waals surface area contributed by atoms with Gasteiger partial charge < -0.3 is 14.5 Å². The number of furan rings is 1. The van der Waals surface area contributed by atoms with Crippen LogP contribution in [0.25, 0.3) is 11.0 Å². The number of para-hydroxylation sites is 1. The number of anilines is 1. The molecule has 6 nitrogen and oxygen atoms in total. The molecule has 0 saturated carbocycles. The van der Waals surface area contributed by atoms with Gasteiger partial charge in [0.2, 0.25) is 5.91 Å². The summed E-state index contributed by atoms with van der Waals surface area (Å²) in [6, 6.07) is 11.9. The molecule has 0 fully saturated rings. The van der Waals surface area contributed by atoms with Crippen LogP contribution in [-0.2, 0) is 46.6 Å². The molecule has 0 unspecified atom stereocenters. The van der Waals surface area contributed by atoms with Crippen molar-refractivity contribution in [3.05, 3.63) is 81.0 Å². The first-order chi connectivity index (χ1) is 16.0. The fourth-order valence-electron chi connectivity index (χ4n) is 4.19. The Labute approximate surface area is 195 Å². The van der Waals surface area contributed by atoms with Crippen molar-refractivity contribution in [2.24, 2.45) is 0 Å². The van der Waals surface area contributed by atoms with Crippen LogP contribution in [-0.4, -0.2) is 16.9 Å². The zero-order valence-electron chi connectivity index (χ0n) is 18.3. The number of nitrogens with one attached hydrogen (secondary N) is 1. The van der Waals surface area contributed by atoms with Crippen molar-refractivity contribution >= 4 is 39.9 Å². The molecule has 1 aliphatic carbocycles. The average molecular weight is 461 g/mol. The number of rotatable bonds is 7. The number of benzene rings is 2. The normalized spacial score (nSPS) is 12.6. The van der Waals surface area contributed by atoms with E-state index in [0.717, 1.165) is 40.6 Å². The Kier molecular flexibility index (Phi) is 5.96. The average Bonchev–Trinajstić information content (AvgIpc) is 3.53. The van der Waals surface area contributed by atoms with Crippen molar-refractivity contribution in [3.63, 3.8) is 0 Å². The topological polar surface area (TPSA) is 81.4 Å². The Balaban J connectivity index is 1.15. The Morgan fingerprint density at radius 2 is 1.97 bits per heavy atom. The van der Waals surface area contributed by atoms with Crippen LogP contribution in [0, 0.1) is 6.92 Å². The van der Waals surface area contributed by atoms with Crippen LogP contribution in [0.2, 0.25) is 0 Å². The van der Waals surface area contributed by atoms with E-state index in [1.165, 1.54) is 28.9 Å². The number of thiazole rings is 1. The molecule has 4 aromatic rings. The van der Waals surface area contributed by atoms with Crippen LogP contribution in [0.5, 0.6) is 0 Å². The number of ether oxygens (including phenoxy) is 1. The van der Waals surface area contributed by atoms with Crippen molar-refractivity contribution < 1.29 is 18.7 Å². The smallest absolute Gasteiger partial charge is 0.310 e. The van der Waals surface area contributed by atoms with Gasteiger partial charge in [-0.2, -0.15) is 0 Å². The second-order valence-electron chi connectivity index (χ2n) is 8.34. The SMILES string of the molecule is Cc1ccccc1NC(=O)Cc1nc(COC(=O)Cc2coc3cc4c(cc23)CCC4)cs1. The Morgan fingerprint density at radius 3 is 2.82 bits per heavy atom. The van der Waals surface area contributed by atoms with E-state index in [-0.39, 0.29) is 31.3 Å². The third-order valence-corrected chi connectivity index (χ3v) is 6.81. The Morgan fingerprint density at radius 1 is 1.15 bits per heavy atom. The molecule has 7 heteroatoms. The summed E-state index contributed by atoms with van der Waals surface area (Å²) in [6.45, 7) is 2.03. The van der Waals surface area contributed by atoms with Crippen LogP contribution >= 0.6 is 11.3 Å². The summed E-state index contributed by atoms with van der Waals surface area (Å²) in [6.07, 6.45) is 5.32. The molecule has 2 aromatic heterocycles. The van der Waals surface area contributed by atoms with E-state index in [1.807, 2.05) is 36.6 Å². The molecule has 5 rings (SSSR count). The minimum atomic E-state index is -0.329. The third kappa shape index (κ3) is 4.83. The molecular formula is C26H24N2O4S. The molecule has 0 spiro atoms. The highest BCUT2D eigenvalue weighted by Gasteiger charge is 2.17. The molecule has 0 bridgehead atoms. The summed E-state index contributed by atoms with van der Waals surface area (Å²) in [4.78, 5) is 29.2. The molecule has 0 atom stereocenters. The van der Waals surface area contributed by atoms with Crippen LogP contribution in [0.4, 0.5) is 5.69 Å². The van der Waals surface area contributed by atoms with Crippen molar-refractivity contribution in [1.82, 2.24) is 4.98 Å². The van der Waals surface area contributed by atoms with E-state index >= 15 is 0 Å². The second-order valence-corrected chi connectivity index (χ2v) is 9.28. The first-order valence-corrected chi connectivity index (χ1v) is 11.9. The fourth-order valence-corrected chi connectivity index (χ4v) is 4.96. The summed E-state index contributed by atoms with van der Waals surface area (Å²) in [7, 11) is 0. The van der Waals surface area contributed by atoms with Gasteiger partial charge in [-0.1, -0.05) is 18.2 Å². The van der Waals surface area contributed by atoms with Gasteiger partial charge in [0.15, 0.2) is 0 Å². The lowest BCUT2D eigenvalue weighted by Gasteiger charge is -2.06. The first-order valence-electron chi connectivity index (χ1n) is 11.0. The lowest BCUT2D eigenvalue weighted by Crippen LogP contribution is -2.15. The molecule has 1 amide bonds. The van der Waals surface area contributed by atoms with Gasteiger partial charge in [0, 0.05) is 22.0 Å². The van der Waals surface area contributed by atoms with Gasteiger partial charge in [-0.25, -0.2) is 4.98 Å². The fraction of sp³-hybridized carbons (Fsp3) is 0.269. The molecule has 0 radical (unpaired) electrons. The summed E-state index contributed by atoms with van der Waals surface area (Å²) in [5, 5.41) is 6.40. The highest BCUT2D eigenvalue weighted by atomic mass is 32.1. The molecule has 33 heavy (non-hydrogen) atoms. The van der Waals surface area contributed by atoms with Gasteiger partial charge in [-0.05, 0) is 61.1 Å². The van der Waals surface area contributed by atoms with Gasteiger partial charge in [-0.15, -0.1) is 11.3 Å². The monoisotopic (exact) mass is 460 g/mol. The third-order valence-electron chi connectivity index (χ3n) is 5.91. The number of hydrogen-bond acceptors (Lipinski definition) is 6. The van der Waals surface area contributed by atoms with Crippen LogP contribution in [0.15, 0.2) is 52.5 Å². The zero-order valence-corrected chi connectivity index (χ0v) is 19.2. The van der Waals surface area contributed by atoms with Gasteiger partial charge in [-0.3, -0.25) is 9.59 Å². The van der Waals surface area contributed by atoms with E-state index in [4.69, 9.17) is 9.15 Å². The summed E-state index contributed by atoms with van der Waals surface area (Å²) in [5.74, 6) is -0.453. The largest absolute Gasteiger partial charge is 0.464 e. The van der Waals surface area contributed by atoms with Gasteiger partial charge in [0.05, 0.1) is 24.8 Å². The van der Waals surface area contributed by atoms with Crippen molar-refractivity contribution in [1.29, 1.82) is 0 Å². The maximum atomic E-state index is 12.4. The van der Waals surface area contributed by atoms with E-state index in [9.17, 15) is 9.59 Å². The number of carbonyl (C=O) groups is 2. The molecule has 2 heterocycles. The van der Waals surface area contributed by atoms with Crippen molar-refractivity contribution in [2.45, 2.75) is 45.6 Å². The van der Waals surface area contributed by atoms with E-state index in [1.54, 1.807) is 6.26 Å². The number of amides is 1. The van der Waals surface area contributed by atoms with E-state index in [2.05, 4.69) is 22.4 Å². The molecule has 0 aliphatic heterocycles. The summed E-state index contributed by atoms with van der Waals surface area (Å²) >= 11 is 1.38. The summed E-state index contributed by atoms with van der Waals surface area (Å²) in [5.41, 5.74) is 6.81. The molecule has 1 aliphatic rings. The quantitative estimate of drug-likeness (QED) is 0.386. The molecule has 1 N–H and O–H groups in total. The molecular weight excluding hydrogens is 436 g/mol. The molecule has 0 saturated heterocycles. The number of fused-ring (bicyclic) bond motifs is 2. The standard InChI is InChI=1S/C26H24N2O4S/c1-16-5-2-3-8-22(16)28-24(29)12-25-27-20(15-33-25)14-32-26(30)11-19-13-31-23-10-18-7-4-6-17(18)9-21(19)23/h2-3,5,8-10,13,15H,4,6-7,11-12,14H2,1H3,(H,28,29). The maximum Gasteiger partial charge on any atom is 0.310 e. The predicted molar refractivity (Wildman–Crippen MR) is 127 cm³/mol. The minimum absolute atomic E-state index is 0.0833. The zero-order chi connectivity index (χ0) is 22.8. The van der Waals surface area contributed by atoms with Crippen molar-refractivity contribution in [2.75, 3.05) is 5.32 Å². The minimum Gasteiger partial charge on any atom is -0.464 e. The lowest BCUT2D eigenvalue weighted by molar-refractivity contribution is -0.144. The molecule has 168 valence electrons. The summed E-state index contributed by atoms with van der Waals surface area (Å²) < 4.78 is 11.1. The van der Waals surface area contributed by atoms with E-state index in [0.29, 0.717) is 10.7 Å². The lowest BCUT2D eigenvalue weighted by atomic mass is 10.0. The number of aryl methyl sites for hydroxylation is 3. The first kappa shape index (κ1) is 21.4. The number of aromatic nitrogens is 1. The Hall–Kier alpha value is -3.45. The van der Waals surface area contributed by atoms with E-state index < -0.39 is 0 Å². The van der Waals surface area contributed by atoms with Gasteiger partial charge >= 0.3 is 5.97 Å². The molecule has 2 aromatic carbocycles. The number of hydrogen-bond donors (Lipinski definition) is 1. The van der Waals surface area contributed by atoms with Gasteiger partial charge in [0.25, 0.3) is 0 Å². The Bertz CT molecular complexity index is 1340. The van der Waals surface area contributed by atoms with Crippen LogP contribution < -0.4 is 5.32 Å². The number of esters is 1. The second kappa shape index (κ2) is 9.19.